The maximum Gasteiger partial charge on any atom is 0.405 e. The fraction of sp³-hybridized carbons (Fsp3) is 0.667. The predicted octanol–water partition coefficient (Wildman–Crippen LogP) is 4.27. The molecule has 1 aromatic carbocycles. The number of carbonyl (C=O) groups is 1. The zero-order valence-electron chi connectivity index (χ0n) is 15.5. The van der Waals surface area contributed by atoms with Crippen LogP contribution >= 0.6 is 0 Å². The van der Waals surface area contributed by atoms with Crippen LogP contribution in [0.1, 0.15) is 52.0 Å². The Labute approximate surface area is 150 Å². The molecule has 0 spiro atoms. The number of hydrogen-bond acceptors (Lipinski definition) is 3. The van der Waals surface area contributed by atoms with E-state index in [9.17, 15) is 4.79 Å². The lowest BCUT2D eigenvalue weighted by Gasteiger charge is -2.52. The SMILES string of the molecule is CC(C)(C)C1C2(OCc3ccccc3)CC3CC(C2)C1(OC(N)=O)C3. The molecule has 4 fully saturated rings. The number of primary amides is 1. The third kappa shape index (κ3) is 2.57. The fourth-order valence-electron chi connectivity index (χ4n) is 6.63. The molecule has 136 valence electrons. The highest BCUT2D eigenvalue weighted by atomic mass is 16.6. The largest absolute Gasteiger partial charge is 0.442 e. The Bertz CT molecular complexity index is 667. The first-order valence-electron chi connectivity index (χ1n) is 9.41. The zero-order valence-corrected chi connectivity index (χ0v) is 15.5. The number of rotatable bonds is 4. The molecule has 4 heteroatoms. The van der Waals surface area contributed by atoms with Gasteiger partial charge in [-0.3, -0.25) is 0 Å². The predicted molar refractivity (Wildman–Crippen MR) is 95.8 cm³/mol. The van der Waals surface area contributed by atoms with Gasteiger partial charge >= 0.3 is 6.09 Å². The molecule has 25 heavy (non-hydrogen) atoms. The molecule has 4 saturated carbocycles. The van der Waals surface area contributed by atoms with Gasteiger partial charge in [-0.1, -0.05) is 51.1 Å². The number of ether oxygens (including phenoxy) is 2. The standard InChI is InChI=1S/C21H29NO3/c1-19(2,3)17-20(24-13-14-7-5-4-6-8-14)10-15-9-16(12-20)21(17,11-15)25-18(22)23/h4-8,15-17H,9-13H2,1-3H3,(H2,22,23). The van der Waals surface area contributed by atoms with Crippen LogP contribution in [0.2, 0.25) is 0 Å². The Hall–Kier alpha value is -1.55. The van der Waals surface area contributed by atoms with E-state index in [-0.39, 0.29) is 16.9 Å². The first-order chi connectivity index (χ1) is 11.8. The van der Waals surface area contributed by atoms with Crippen LogP contribution in [-0.4, -0.2) is 17.3 Å². The molecule has 4 aliphatic carbocycles. The van der Waals surface area contributed by atoms with Crippen LogP contribution in [0.15, 0.2) is 30.3 Å². The van der Waals surface area contributed by atoms with Gasteiger partial charge in [0.1, 0.15) is 5.60 Å². The maximum absolute atomic E-state index is 11.7. The van der Waals surface area contributed by atoms with Crippen LogP contribution in [0.5, 0.6) is 0 Å². The van der Waals surface area contributed by atoms with E-state index in [1.165, 1.54) is 5.56 Å². The van der Waals surface area contributed by atoms with Crippen LogP contribution in [0.3, 0.4) is 0 Å². The van der Waals surface area contributed by atoms with E-state index in [1.54, 1.807) is 0 Å². The summed E-state index contributed by atoms with van der Waals surface area (Å²) in [4.78, 5) is 11.7. The van der Waals surface area contributed by atoms with Crippen molar-refractivity contribution in [2.75, 3.05) is 0 Å². The summed E-state index contributed by atoms with van der Waals surface area (Å²) in [5.74, 6) is 1.12. The van der Waals surface area contributed by atoms with Crippen LogP contribution in [-0.2, 0) is 16.1 Å². The van der Waals surface area contributed by atoms with Gasteiger partial charge in [-0.05, 0) is 42.6 Å². The lowest BCUT2D eigenvalue weighted by Crippen LogP contribution is -2.57. The number of hydrogen-bond donors (Lipinski definition) is 1. The van der Waals surface area contributed by atoms with Crippen molar-refractivity contribution < 1.29 is 14.3 Å². The van der Waals surface area contributed by atoms with E-state index in [2.05, 4.69) is 32.9 Å². The first-order valence-corrected chi connectivity index (χ1v) is 9.41. The van der Waals surface area contributed by atoms with Gasteiger partial charge in [0, 0.05) is 11.8 Å². The monoisotopic (exact) mass is 343 g/mol. The summed E-state index contributed by atoms with van der Waals surface area (Å²) in [5, 5.41) is 0. The summed E-state index contributed by atoms with van der Waals surface area (Å²) in [6.07, 6.45) is 3.49. The average molecular weight is 343 g/mol. The van der Waals surface area contributed by atoms with Crippen molar-refractivity contribution in [3.63, 3.8) is 0 Å². The quantitative estimate of drug-likeness (QED) is 0.888. The smallest absolute Gasteiger partial charge is 0.405 e. The molecule has 4 aliphatic rings. The molecule has 0 radical (unpaired) electrons. The normalized spacial score (nSPS) is 38.9. The van der Waals surface area contributed by atoms with Crippen LogP contribution in [0.25, 0.3) is 0 Å². The number of amides is 1. The molecular formula is C21H29NO3. The minimum absolute atomic E-state index is 0.0177. The molecule has 4 nitrogen and oxygen atoms in total. The van der Waals surface area contributed by atoms with Gasteiger partial charge in [0.2, 0.25) is 0 Å². The van der Waals surface area contributed by atoms with Gasteiger partial charge in [0.15, 0.2) is 0 Å². The van der Waals surface area contributed by atoms with Crippen molar-refractivity contribution in [2.45, 2.75) is 64.3 Å². The summed E-state index contributed by atoms with van der Waals surface area (Å²) in [6, 6.07) is 10.3. The Kier molecular flexibility index (Phi) is 3.70. The van der Waals surface area contributed by atoms with E-state index in [4.69, 9.17) is 15.2 Å². The molecule has 2 N–H and O–H groups in total. The molecule has 1 amide bonds. The fourth-order valence-corrected chi connectivity index (χ4v) is 6.63. The van der Waals surface area contributed by atoms with Gasteiger partial charge in [-0.25, -0.2) is 4.79 Å². The number of benzene rings is 1. The molecular weight excluding hydrogens is 314 g/mol. The number of carbonyl (C=O) groups excluding carboxylic acids is 1. The molecule has 5 unspecified atom stereocenters. The highest BCUT2D eigenvalue weighted by Crippen LogP contribution is 2.71. The summed E-state index contributed by atoms with van der Waals surface area (Å²) < 4.78 is 12.6. The zero-order chi connectivity index (χ0) is 17.9. The summed E-state index contributed by atoms with van der Waals surface area (Å²) in [7, 11) is 0. The Morgan fingerprint density at radius 3 is 2.56 bits per heavy atom. The minimum Gasteiger partial charge on any atom is -0.442 e. The molecule has 1 aromatic rings. The molecule has 0 heterocycles. The Balaban J connectivity index is 1.68. The minimum atomic E-state index is -0.638. The third-order valence-electron chi connectivity index (χ3n) is 6.68. The third-order valence-corrected chi connectivity index (χ3v) is 6.68. The lowest BCUT2D eigenvalue weighted by molar-refractivity contribution is -0.184. The Morgan fingerprint density at radius 2 is 1.92 bits per heavy atom. The summed E-state index contributed by atoms with van der Waals surface area (Å²) in [5.41, 5.74) is 6.02. The lowest BCUT2D eigenvalue weighted by atomic mass is 9.60. The molecule has 0 saturated heterocycles. The molecule has 5 rings (SSSR count). The van der Waals surface area contributed by atoms with Crippen molar-refractivity contribution in [1.82, 2.24) is 0 Å². The van der Waals surface area contributed by atoms with Gasteiger partial charge in [0.05, 0.1) is 12.2 Å². The highest BCUT2D eigenvalue weighted by molar-refractivity contribution is 5.65. The second-order valence-electron chi connectivity index (χ2n) is 9.43. The molecule has 4 bridgehead atoms. The van der Waals surface area contributed by atoms with Gasteiger partial charge in [0.25, 0.3) is 0 Å². The van der Waals surface area contributed by atoms with E-state index < -0.39 is 11.7 Å². The molecule has 0 aromatic heterocycles. The average Bonchev–Trinajstić information content (AvgIpc) is 2.85. The molecule has 0 aliphatic heterocycles. The summed E-state index contributed by atoms with van der Waals surface area (Å²) in [6.45, 7) is 7.34. The van der Waals surface area contributed by atoms with Gasteiger partial charge < -0.3 is 15.2 Å². The van der Waals surface area contributed by atoms with Crippen LogP contribution in [0, 0.1) is 23.2 Å². The molecule has 5 atom stereocenters. The second kappa shape index (κ2) is 5.47. The van der Waals surface area contributed by atoms with E-state index >= 15 is 0 Å². The van der Waals surface area contributed by atoms with Crippen LogP contribution < -0.4 is 5.73 Å². The Morgan fingerprint density at radius 1 is 1.20 bits per heavy atom. The van der Waals surface area contributed by atoms with Crippen molar-refractivity contribution in [2.24, 2.45) is 28.9 Å². The van der Waals surface area contributed by atoms with Gasteiger partial charge in [-0.2, -0.15) is 0 Å². The first kappa shape index (κ1) is 16.9. The van der Waals surface area contributed by atoms with Crippen molar-refractivity contribution in [3.8, 4) is 0 Å². The van der Waals surface area contributed by atoms with Crippen molar-refractivity contribution >= 4 is 6.09 Å². The highest BCUT2D eigenvalue weighted by Gasteiger charge is 2.74. The van der Waals surface area contributed by atoms with Gasteiger partial charge in [-0.15, -0.1) is 0 Å². The van der Waals surface area contributed by atoms with E-state index in [0.717, 1.165) is 25.7 Å². The summed E-state index contributed by atoms with van der Waals surface area (Å²) >= 11 is 0. The van der Waals surface area contributed by atoms with Crippen LogP contribution in [0.4, 0.5) is 4.79 Å². The maximum atomic E-state index is 11.7. The number of nitrogens with two attached hydrogens (primary N) is 1. The van der Waals surface area contributed by atoms with Crippen molar-refractivity contribution in [3.05, 3.63) is 35.9 Å². The van der Waals surface area contributed by atoms with E-state index in [0.29, 0.717) is 18.4 Å². The van der Waals surface area contributed by atoms with Crippen molar-refractivity contribution in [1.29, 1.82) is 0 Å². The van der Waals surface area contributed by atoms with E-state index in [1.807, 2.05) is 18.2 Å². The second-order valence-corrected chi connectivity index (χ2v) is 9.43. The topological polar surface area (TPSA) is 61.6 Å².